The molecule has 0 heterocycles. The van der Waals surface area contributed by atoms with Crippen LogP contribution in [0.25, 0.3) is 0 Å². The van der Waals surface area contributed by atoms with Crippen LogP contribution in [0.15, 0.2) is 0 Å². The number of rotatable bonds is 7. The van der Waals surface area contributed by atoms with Crippen LogP contribution >= 0.6 is 0 Å². The molecule has 0 radical (unpaired) electrons. The first-order chi connectivity index (χ1) is 7.93. The summed E-state index contributed by atoms with van der Waals surface area (Å²) < 4.78 is 5.76. The van der Waals surface area contributed by atoms with E-state index in [1.54, 1.807) is 0 Å². The van der Waals surface area contributed by atoms with E-state index in [-0.39, 0.29) is 6.10 Å². The third-order valence-corrected chi connectivity index (χ3v) is 2.90. The van der Waals surface area contributed by atoms with Crippen molar-refractivity contribution in [2.24, 2.45) is 0 Å². The van der Waals surface area contributed by atoms with E-state index in [2.05, 4.69) is 11.8 Å². The zero-order chi connectivity index (χ0) is 11.5. The Morgan fingerprint density at radius 3 is 2.81 bits per heavy atom. The first-order valence-corrected chi connectivity index (χ1v) is 6.64. The molecule has 1 unspecified atom stereocenters. The van der Waals surface area contributed by atoms with Crippen molar-refractivity contribution in [1.82, 2.24) is 0 Å². The highest BCUT2D eigenvalue weighted by Gasteiger charge is 2.06. The summed E-state index contributed by atoms with van der Waals surface area (Å²) >= 11 is 0. The molecule has 0 saturated heterocycles. The summed E-state index contributed by atoms with van der Waals surface area (Å²) in [5.41, 5.74) is 0. The van der Waals surface area contributed by atoms with E-state index in [9.17, 15) is 0 Å². The van der Waals surface area contributed by atoms with Crippen molar-refractivity contribution in [1.29, 1.82) is 0 Å². The Morgan fingerprint density at radius 1 is 1.06 bits per heavy atom. The molecule has 0 amide bonds. The van der Waals surface area contributed by atoms with Gasteiger partial charge in [-0.25, -0.2) is 0 Å². The van der Waals surface area contributed by atoms with Gasteiger partial charge in [0, 0.05) is 19.6 Å². The Balaban J connectivity index is 2.02. The second-order valence-corrected chi connectivity index (χ2v) is 4.42. The summed E-state index contributed by atoms with van der Waals surface area (Å²) in [5, 5.41) is 8.64. The SMILES string of the molecule is OCCCCCCOC1C#CCCCCC1. The van der Waals surface area contributed by atoms with Gasteiger partial charge in [0.15, 0.2) is 0 Å². The molecular weight excluding hydrogens is 200 g/mol. The zero-order valence-corrected chi connectivity index (χ0v) is 10.2. The summed E-state index contributed by atoms with van der Waals surface area (Å²) in [6.45, 7) is 1.14. The summed E-state index contributed by atoms with van der Waals surface area (Å²) in [6.07, 6.45) is 10.4. The number of aliphatic hydroxyl groups excluding tert-OH is 1. The molecule has 16 heavy (non-hydrogen) atoms. The Kier molecular flexibility index (Phi) is 8.20. The highest BCUT2D eigenvalue weighted by atomic mass is 16.5. The molecule has 92 valence electrons. The van der Waals surface area contributed by atoms with Crippen LogP contribution in [0, 0.1) is 11.8 Å². The highest BCUT2D eigenvalue weighted by molar-refractivity contribution is 5.05. The number of ether oxygens (including phenoxy) is 1. The summed E-state index contributed by atoms with van der Waals surface area (Å²) in [5.74, 6) is 6.40. The van der Waals surface area contributed by atoms with Gasteiger partial charge >= 0.3 is 0 Å². The van der Waals surface area contributed by atoms with Gasteiger partial charge in [-0.05, 0) is 32.1 Å². The Bertz CT molecular complexity index is 215. The van der Waals surface area contributed by atoms with Gasteiger partial charge in [0.1, 0.15) is 6.10 Å². The molecule has 0 aromatic heterocycles. The maximum Gasteiger partial charge on any atom is 0.118 e. The van der Waals surface area contributed by atoms with Crippen molar-refractivity contribution in [2.45, 2.75) is 63.9 Å². The number of hydrogen-bond donors (Lipinski definition) is 1. The predicted octanol–water partition coefficient (Wildman–Crippen LogP) is 2.89. The van der Waals surface area contributed by atoms with Crippen molar-refractivity contribution >= 4 is 0 Å². The standard InChI is InChI=1S/C14H24O2/c15-12-8-4-5-9-13-16-14-10-6-2-1-3-7-11-14/h14-15H,1-6,8-10,12-13H2. The maximum atomic E-state index is 8.64. The molecule has 1 aliphatic rings. The van der Waals surface area contributed by atoms with E-state index in [1.165, 1.54) is 19.3 Å². The van der Waals surface area contributed by atoms with Crippen LogP contribution in [0.3, 0.4) is 0 Å². The minimum absolute atomic E-state index is 0.179. The van der Waals surface area contributed by atoms with Crippen LogP contribution in [0.4, 0.5) is 0 Å². The fourth-order valence-electron chi connectivity index (χ4n) is 1.90. The number of hydrogen-bond acceptors (Lipinski definition) is 2. The smallest absolute Gasteiger partial charge is 0.118 e. The molecular formula is C14H24O2. The average molecular weight is 224 g/mol. The first-order valence-electron chi connectivity index (χ1n) is 6.64. The van der Waals surface area contributed by atoms with E-state index in [4.69, 9.17) is 9.84 Å². The van der Waals surface area contributed by atoms with Crippen molar-refractivity contribution in [3.05, 3.63) is 0 Å². The second-order valence-electron chi connectivity index (χ2n) is 4.42. The zero-order valence-electron chi connectivity index (χ0n) is 10.2. The molecule has 1 rings (SSSR count). The van der Waals surface area contributed by atoms with E-state index < -0.39 is 0 Å². The Hall–Kier alpha value is -0.520. The molecule has 2 nitrogen and oxygen atoms in total. The lowest BCUT2D eigenvalue weighted by Crippen LogP contribution is -2.12. The van der Waals surface area contributed by atoms with Gasteiger partial charge in [0.05, 0.1) is 0 Å². The van der Waals surface area contributed by atoms with Gasteiger partial charge in [-0.1, -0.05) is 25.2 Å². The summed E-state index contributed by atoms with van der Waals surface area (Å²) in [6, 6.07) is 0. The minimum atomic E-state index is 0.179. The van der Waals surface area contributed by atoms with Crippen LogP contribution in [0.5, 0.6) is 0 Å². The molecule has 0 bridgehead atoms. The van der Waals surface area contributed by atoms with Crippen LogP contribution in [0.2, 0.25) is 0 Å². The molecule has 0 aliphatic heterocycles. The molecule has 0 spiro atoms. The molecule has 0 aromatic rings. The fourth-order valence-corrected chi connectivity index (χ4v) is 1.90. The topological polar surface area (TPSA) is 29.5 Å². The molecule has 1 N–H and O–H groups in total. The monoisotopic (exact) mass is 224 g/mol. The highest BCUT2D eigenvalue weighted by Crippen LogP contribution is 2.11. The summed E-state index contributed by atoms with van der Waals surface area (Å²) in [7, 11) is 0. The lowest BCUT2D eigenvalue weighted by atomic mass is 10.1. The maximum absolute atomic E-state index is 8.64. The third-order valence-electron chi connectivity index (χ3n) is 2.90. The van der Waals surface area contributed by atoms with Crippen LogP contribution in [-0.4, -0.2) is 24.4 Å². The Morgan fingerprint density at radius 2 is 1.94 bits per heavy atom. The van der Waals surface area contributed by atoms with E-state index >= 15 is 0 Å². The van der Waals surface area contributed by atoms with Gasteiger partial charge in [-0.3, -0.25) is 0 Å². The largest absolute Gasteiger partial charge is 0.396 e. The van der Waals surface area contributed by atoms with E-state index in [1.807, 2.05) is 0 Å². The molecule has 0 fully saturated rings. The van der Waals surface area contributed by atoms with Crippen molar-refractivity contribution in [2.75, 3.05) is 13.2 Å². The average Bonchev–Trinajstić information content (AvgIpc) is 2.25. The lowest BCUT2D eigenvalue weighted by Gasteiger charge is -2.13. The summed E-state index contributed by atoms with van der Waals surface area (Å²) in [4.78, 5) is 0. The van der Waals surface area contributed by atoms with Crippen molar-refractivity contribution < 1.29 is 9.84 Å². The van der Waals surface area contributed by atoms with Crippen LogP contribution in [0.1, 0.15) is 57.8 Å². The van der Waals surface area contributed by atoms with Gasteiger partial charge in [-0.15, -0.1) is 5.92 Å². The molecule has 0 saturated carbocycles. The van der Waals surface area contributed by atoms with Gasteiger partial charge in [-0.2, -0.15) is 0 Å². The van der Waals surface area contributed by atoms with Crippen molar-refractivity contribution in [3.8, 4) is 11.8 Å². The normalized spacial score (nSPS) is 20.7. The molecule has 0 aromatic carbocycles. The van der Waals surface area contributed by atoms with Gasteiger partial charge in [0.25, 0.3) is 0 Å². The first kappa shape index (κ1) is 13.5. The van der Waals surface area contributed by atoms with Crippen LogP contribution in [-0.2, 0) is 4.74 Å². The number of aliphatic hydroxyl groups is 1. The Labute approximate surface area is 99.4 Å². The van der Waals surface area contributed by atoms with Crippen molar-refractivity contribution in [3.63, 3.8) is 0 Å². The van der Waals surface area contributed by atoms with Gasteiger partial charge < -0.3 is 9.84 Å². The number of unbranched alkanes of at least 4 members (excludes halogenated alkanes) is 3. The predicted molar refractivity (Wildman–Crippen MR) is 66.2 cm³/mol. The third kappa shape index (κ3) is 6.87. The molecule has 1 aliphatic carbocycles. The second kappa shape index (κ2) is 9.69. The van der Waals surface area contributed by atoms with E-state index in [0.717, 1.165) is 45.1 Å². The fraction of sp³-hybridized carbons (Fsp3) is 0.857. The van der Waals surface area contributed by atoms with E-state index in [0.29, 0.717) is 6.61 Å². The van der Waals surface area contributed by atoms with Gasteiger partial charge in [0.2, 0.25) is 0 Å². The lowest BCUT2D eigenvalue weighted by molar-refractivity contribution is 0.0798. The quantitative estimate of drug-likeness (QED) is 0.532. The molecule has 2 heteroatoms. The molecule has 1 atom stereocenters. The minimum Gasteiger partial charge on any atom is -0.396 e. The van der Waals surface area contributed by atoms with Crippen LogP contribution < -0.4 is 0 Å².